The lowest BCUT2D eigenvalue weighted by Gasteiger charge is -2.22. The maximum atomic E-state index is 13.4. The molecule has 0 radical (unpaired) electrons. The number of hydrogen-bond donors (Lipinski definition) is 2. The number of hydrogen-bond acceptors (Lipinski definition) is 4. The van der Waals surface area contributed by atoms with E-state index in [1.807, 2.05) is 67.6 Å². The van der Waals surface area contributed by atoms with Crippen molar-refractivity contribution in [2.45, 2.75) is 70.3 Å². The molecule has 1 aromatic heterocycles. The molecule has 1 fully saturated rings. The second-order valence-corrected chi connectivity index (χ2v) is 9.81. The molecule has 2 aliphatic rings. The molecule has 5 rings (SSSR count). The number of fused-ring (bicyclic) bond motifs is 1. The molecule has 2 aliphatic carbocycles. The maximum Gasteiger partial charge on any atom is 0.287 e. The van der Waals surface area contributed by atoms with Crippen LogP contribution in [0.4, 0.5) is 0 Å². The van der Waals surface area contributed by atoms with Crippen molar-refractivity contribution in [3.63, 3.8) is 0 Å². The van der Waals surface area contributed by atoms with Crippen molar-refractivity contribution >= 4 is 17.5 Å². The fraction of sp³-hybridized carbons (Fsp3) is 0.367. The number of nitrogens with zero attached hydrogens (tertiary/aromatic N) is 1. The molecule has 1 heterocycles. The highest BCUT2D eigenvalue weighted by atomic mass is 16.4. The highest BCUT2D eigenvalue weighted by Crippen LogP contribution is 2.31. The average molecular weight is 484 g/mol. The van der Waals surface area contributed by atoms with Crippen molar-refractivity contribution in [1.82, 2.24) is 10.7 Å². The normalized spacial score (nSPS) is 17.1. The summed E-state index contributed by atoms with van der Waals surface area (Å²) in [5, 5.41) is 7.73. The first-order valence-electron chi connectivity index (χ1n) is 13.0. The third-order valence-corrected chi connectivity index (χ3v) is 7.30. The van der Waals surface area contributed by atoms with Crippen LogP contribution in [0.2, 0.25) is 0 Å². The van der Waals surface area contributed by atoms with E-state index in [1.54, 1.807) is 0 Å². The quantitative estimate of drug-likeness (QED) is 0.445. The van der Waals surface area contributed by atoms with Gasteiger partial charge in [-0.1, -0.05) is 79.9 Å². The smallest absolute Gasteiger partial charge is 0.287 e. The van der Waals surface area contributed by atoms with E-state index in [-0.39, 0.29) is 17.9 Å². The van der Waals surface area contributed by atoms with Gasteiger partial charge < -0.3 is 9.73 Å². The Balaban J connectivity index is 1.38. The highest BCUT2D eigenvalue weighted by Gasteiger charge is 2.30. The van der Waals surface area contributed by atoms with E-state index in [1.165, 1.54) is 6.42 Å². The van der Waals surface area contributed by atoms with Gasteiger partial charge in [0, 0.05) is 23.6 Å². The summed E-state index contributed by atoms with van der Waals surface area (Å²) in [6.07, 6.45) is 7.93. The van der Waals surface area contributed by atoms with Gasteiger partial charge in [0.2, 0.25) is 0 Å². The Morgan fingerprint density at radius 2 is 1.53 bits per heavy atom. The molecule has 0 bridgehead atoms. The van der Waals surface area contributed by atoms with Crippen molar-refractivity contribution in [2.75, 3.05) is 0 Å². The number of rotatable bonds is 6. The zero-order valence-electron chi connectivity index (χ0n) is 20.8. The Hall–Kier alpha value is -3.67. The molecule has 6 nitrogen and oxygen atoms in total. The lowest BCUT2D eigenvalue weighted by atomic mass is 9.90. The minimum Gasteiger partial charge on any atom is -0.455 e. The van der Waals surface area contributed by atoms with Gasteiger partial charge in [0.05, 0.1) is 11.6 Å². The molecule has 36 heavy (non-hydrogen) atoms. The molecule has 186 valence electrons. The SMILES string of the molecule is Cc1c(C(=O)NC2CCCCC2)oc2c1/C(=N/NC(=O)C(c1ccccc1)c1ccccc1)CCC2. The third-order valence-electron chi connectivity index (χ3n) is 7.30. The Morgan fingerprint density at radius 1 is 0.889 bits per heavy atom. The number of benzene rings is 2. The molecule has 2 N–H and O–H groups in total. The van der Waals surface area contributed by atoms with E-state index < -0.39 is 5.92 Å². The molecule has 6 heteroatoms. The van der Waals surface area contributed by atoms with Crippen molar-refractivity contribution < 1.29 is 14.0 Å². The average Bonchev–Trinajstić information content (AvgIpc) is 3.26. The number of furan rings is 1. The fourth-order valence-corrected chi connectivity index (χ4v) is 5.47. The molecule has 1 saturated carbocycles. The summed E-state index contributed by atoms with van der Waals surface area (Å²) in [4.78, 5) is 26.4. The van der Waals surface area contributed by atoms with Gasteiger partial charge in [0.25, 0.3) is 11.8 Å². The molecule has 0 spiro atoms. The minimum atomic E-state index is -0.470. The molecule has 3 aromatic rings. The summed E-state index contributed by atoms with van der Waals surface area (Å²) < 4.78 is 6.06. The Morgan fingerprint density at radius 3 is 2.17 bits per heavy atom. The summed E-state index contributed by atoms with van der Waals surface area (Å²) >= 11 is 0. The van der Waals surface area contributed by atoms with Gasteiger partial charge in [-0.05, 0) is 43.7 Å². The summed E-state index contributed by atoms with van der Waals surface area (Å²) in [6, 6.07) is 19.7. The third kappa shape index (κ3) is 5.13. The lowest BCUT2D eigenvalue weighted by molar-refractivity contribution is -0.121. The monoisotopic (exact) mass is 483 g/mol. The number of carbonyl (C=O) groups is 2. The lowest BCUT2D eigenvalue weighted by Crippen LogP contribution is -2.36. The van der Waals surface area contributed by atoms with E-state index in [9.17, 15) is 9.59 Å². The zero-order valence-corrected chi connectivity index (χ0v) is 20.8. The molecule has 0 atom stereocenters. The van der Waals surface area contributed by atoms with Gasteiger partial charge in [-0.25, -0.2) is 5.43 Å². The standard InChI is InChI=1S/C30H33N3O3/c1-20-26-24(18-11-19-25(26)36-28(20)30(35)31-23-16-9-4-10-17-23)32-33-29(34)27(21-12-5-2-6-13-21)22-14-7-3-8-15-22/h2-3,5-8,12-15,23,27H,4,9-11,16-19H2,1H3,(H,31,35)(H,33,34)/b32-24+. The van der Waals surface area contributed by atoms with E-state index in [0.29, 0.717) is 5.76 Å². The van der Waals surface area contributed by atoms with Crippen LogP contribution in [0.3, 0.4) is 0 Å². The van der Waals surface area contributed by atoms with Crippen LogP contribution in [0.5, 0.6) is 0 Å². The van der Waals surface area contributed by atoms with Gasteiger partial charge in [-0.3, -0.25) is 9.59 Å². The van der Waals surface area contributed by atoms with Crippen LogP contribution in [-0.4, -0.2) is 23.6 Å². The highest BCUT2D eigenvalue weighted by molar-refractivity contribution is 6.07. The number of amides is 2. The van der Waals surface area contributed by atoms with E-state index in [0.717, 1.165) is 78.7 Å². The predicted octanol–water partition coefficient (Wildman–Crippen LogP) is 5.64. The summed E-state index contributed by atoms with van der Waals surface area (Å²) in [5.41, 5.74) is 7.08. The van der Waals surface area contributed by atoms with Crippen LogP contribution >= 0.6 is 0 Å². The minimum absolute atomic E-state index is 0.148. The number of nitrogens with one attached hydrogen (secondary N) is 2. The molecule has 0 aliphatic heterocycles. The van der Waals surface area contributed by atoms with E-state index in [4.69, 9.17) is 4.42 Å². The molecule has 2 amide bonds. The van der Waals surface area contributed by atoms with Crippen molar-refractivity contribution in [3.8, 4) is 0 Å². The summed E-state index contributed by atoms with van der Waals surface area (Å²) in [7, 11) is 0. The number of hydrazone groups is 1. The number of carbonyl (C=O) groups excluding carboxylic acids is 2. The maximum absolute atomic E-state index is 13.4. The van der Waals surface area contributed by atoms with Crippen LogP contribution < -0.4 is 10.7 Å². The molecular formula is C30H33N3O3. The topological polar surface area (TPSA) is 83.7 Å². The molecule has 0 unspecified atom stereocenters. The first-order chi connectivity index (χ1) is 17.6. The molecule has 0 saturated heterocycles. The second-order valence-electron chi connectivity index (χ2n) is 9.81. The second kappa shape index (κ2) is 10.9. The summed E-state index contributed by atoms with van der Waals surface area (Å²) in [5.74, 6) is 0.345. The largest absolute Gasteiger partial charge is 0.455 e. The Kier molecular flexibility index (Phi) is 7.31. The van der Waals surface area contributed by atoms with Gasteiger partial charge in [-0.2, -0.15) is 5.10 Å². The number of aryl methyl sites for hydroxylation is 1. The zero-order chi connectivity index (χ0) is 24.9. The fourth-order valence-electron chi connectivity index (χ4n) is 5.47. The van der Waals surface area contributed by atoms with Crippen molar-refractivity contribution in [2.24, 2.45) is 5.10 Å². The molecule has 2 aromatic carbocycles. The van der Waals surface area contributed by atoms with Gasteiger partial charge >= 0.3 is 0 Å². The summed E-state index contributed by atoms with van der Waals surface area (Å²) in [6.45, 7) is 1.91. The van der Waals surface area contributed by atoms with E-state index >= 15 is 0 Å². The van der Waals surface area contributed by atoms with Gasteiger partial charge in [0.1, 0.15) is 5.76 Å². The van der Waals surface area contributed by atoms with Crippen molar-refractivity contribution in [1.29, 1.82) is 0 Å². The van der Waals surface area contributed by atoms with Crippen LogP contribution in [0.25, 0.3) is 0 Å². The van der Waals surface area contributed by atoms with E-state index in [2.05, 4.69) is 15.8 Å². The molecular weight excluding hydrogens is 450 g/mol. The van der Waals surface area contributed by atoms with Crippen LogP contribution in [0.15, 0.2) is 70.2 Å². The first kappa shape index (κ1) is 24.0. The van der Waals surface area contributed by atoms with Gasteiger partial charge in [0.15, 0.2) is 5.76 Å². The van der Waals surface area contributed by atoms with Gasteiger partial charge in [-0.15, -0.1) is 0 Å². The Labute approximate surface area is 212 Å². The van der Waals surface area contributed by atoms with Crippen molar-refractivity contribution in [3.05, 3.63) is 94.4 Å². The first-order valence-corrected chi connectivity index (χ1v) is 13.0. The van der Waals surface area contributed by atoms with Crippen LogP contribution in [0.1, 0.15) is 89.4 Å². The van der Waals surface area contributed by atoms with Crippen LogP contribution in [-0.2, 0) is 11.2 Å². The predicted molar refractivity (Wildman–Crippen MR) is 140 cm³/mol. The van der Waals surface area contributed by atoms with Crippen LogP contribution in [0, 0.1) is 6.92 Å². The Bertz CT molecular complexity index is 1200.